The van der Waals surface area contributed by atoms with Gasteiger partial charge in [0.05, 0.1) is 30.9 Å². The fourth-order valence-corrected chi connectivity index (χ4v) is 4.47. The highest BCUT2D eigenvalue weighted by Gasteiger charge is 2.64. The zero-order valence-corrected chi connectivity index (χ0v) is 16.6. The van der Waals surface area contributed by atoms with Crippen LogP contribution in [0.4, 0.5) is 5.69 Å². The lowest BCUT2D eigenvalue weighted by molar-refractivity contribution is -0.137. The van der Waals surface area contributed by atoms with Gasteiger partial charge in [0.2, 0.25) is 0 Å². The van der Waals surface area contributed by atoms with Gasteiger partial charge in [0.25, 0.3) is 0 Å². The molecular weight excluding hydrogens is 384 g/mol. The average Bonchev–Trinajstić information content (AvgIpc) is 3.24. The van der Waals surface area contributed by atoms with Crippen molar-refractivity contribution >= 4 is 34.1 Å². The summed E-state index contributed by atoms with van der Waals surface area (Å²) in [7, 11) is 3.08. The van der Waals surface area contributed by atoms with Crippen LogP contribution in [0.25, 0.3) is 11.0 Å². The van der Waals surface area contributed by atoms with E-state index in [2.05, 4.69) is 9.97 Å². The van der Waals surface area contributed by atoms with Crippen molar-refractivity contribution in [2.24, 2.45) is 0 Å². The van der Waals surface area contributed by atoms with Gasteiger partial charge in [0.15, 0.2) is 5.78 Å². The molecule has 8 heteroatoms. The number of imidazole rings is 1. The maximum Gasteiger partial charge on any atom is 0.177 e. The first-order valence-corrected chi connectivity index (χ1v) is 9.59. The third-order valence-corrected chi connectivity index (χ3v) is 5.92. The van der Waals surface area contributed by atoms with E-state index in [0.29, 0.717) is 23.0 Å². The minimum Gasteiger partial charge on any atom is -0.497 e. The number of H-pyrrole nitrogens is 1. The number of anilines is 1. The van der Waals surface area contributed by atoms with E-state index in [4.69, 9.17) is 14.9 Å². The van der Waals surface area contributed by atoms with Crippen molar-refractivity contribution in [1.82, 2.24) is 9.97 Å². The Morgan fingerprint density at radius 2 is 1.77 bits per heavy atom. The van der Waals surface area contributed by atoms with Crippen LogP contribution in [0.15, 0.2) is 42.5 Å². The monoisotopic (exact) mass is 404 g/mol. The van der Waals surface area contributed by atoms with Crippen LogP contribution in [-0.4, -0.2) is 47.1 Å². The minimum absolute atomic E-state index is 0.00117. The summed E-state index contributed by atoms with van der Waals surface area (Å²) in [5.74, 6) is 0.524. The lowest BCUT2D eigenvalue weighted by Gasteiger charge is -2.43. The highest BCUT2D eigenvalue weighted by Crippen LogP contribution is 2.49. The third-order valence-electron chi connectivity index (χ3n) is 5.92. The number of hydrogen-bond donors (Lipinski definition) is 2. The van der Waals surface area contributed by atoms with E-state index in [9.17, 15) is 9.59 Å². The number of carbonyl (C=O) groups excluding carboxylic acids is 2. The Morgan fingerprint density at radius 1 is 1.10 bits per heavy atom. The van der Waals surface area contributed by atoms with Crippen LogP contribution < -0.4 is 14.4 Å². The van der Waals surface area contributed by atoms with E-state index in [1.165, 1.54) is 0 Å². The number of benzene rings is 2. The Labute approximate surface area is 172 Å². The molecule has 1 aliphatic heterocycles. The number of Topliss-reactive ketones (excluding diaryl/α,β-unsaturated/α-hetero) is 2. The van der Waals surface area contributed by atoms with Crippen LogP contribution in [0.1, 0.15) is 24.6 Å². The SMILES string of the molecule is COc1cc(OC)cc(N2C(=N)C(c3nc4ccccc4[nH]3)C(=O)C23CC(=O)C3)c1. The van der Waals surface area contributed by atoms with Crippen LogP contribution >= 0.6 is 0 Å². The van der Waals surface area contributed by atoms with E-state index in [1.54, 1.807) is 37.3 Å². The predicted molar refractivity (Wildman–Crippen MR) is 111 cm³/mol. The number of carbonyl (C=O) groups is 2. The van der Waals surface area contributed by atoms with E-state index in [0.717, 1.165) is 11.0 Å². The smallest absolute Gasteiger partial charge is 0.177 e. The Kier molecular flexibility index (Phi) is 3.92. The number of ketones is 2. The molecule has 30 heavy (non-hydrogen) atoms. The van der Waals surface area contributed by atoms with Crippen LogP contribution in [0.2, 0.25) is 0 Å². The van der Waals surface area contributed by atoms with Crippen molar-refractivity contribution in [1.29, 1.82) is 5.41 Å². The molecule has 1 spiro atoms. The van der Waals surface area contributed by atoms with E-state index < -0.39 is 11.5 Å². The first-order valence-electron chi connectivity index (χ1n) is 9.59. The molecule has 2 fully saturated rings. The fourth-order valence-electron chi connectivity index (χ4n) is 4.47. The number of aromatic nitrogens is 2. The number of fused-ring (bicyclic) bond motifs is 1. The van der Waals surface area contributed by atoms with Crippen LogP contribution in [0, 0.1) is 5.41 Å². The largest absolute Gasteiger partial charge is 0.497 e. The molecule has 2 N–H and O–H groups in total. The van der Waals surface area contributed by atoms with Crippen molar-refractivity contribution in [2.45, 2.75) is 24.3 Å². The van der Waals surface area contributed by atoms with Crippen LogP contribution in [-0.2, 0) is 9.59 Å². The van der Waals surface area contributed by atoms with Crippen molar-refractivity contribution < 1.29 is 19.1 Å². The summed E-state index contributed by atoms with van der Waals surface area (Å²) >= 11 is 0. The number of nitrogens with zero attached hydrogens (tertiary/aromatic N) is 2. The number of aromatic amines is 1. The number of methoxy groups -OCH3 is 2. The lowest BCUT2D eigenvalue weighted by atomic mass is 9.71. The molecule has 2 aromatic carbocycles. The van der Waals surface area contributed by atoms with Crippen LogP contribution in [0.3, 0.4) is 0 Å². The van der Waals surface area contributed by atoms with E-state index >= 15 is 0 Å². The highest BCUT2D eigenvalue weighted by molar-refractivity contribution is 6.29. The predicted octanol–water partition coefficient (Wildman–Crippen LogP) is 2.83. The normalized spacial score (nSPS) is 20.1. The van der Waals surface area contributed by atoms with Gasteiger partial charge in [-0.25, -0.2) is 4.98 Å². The number of amidine groups is 1. The molecule has 152 valence electrons. The van der Waals surface area contributed by atoms with Crippen molar-refractivity contribution in [2.75, 3.05) is 19.1 Å². The van der Waals surface area contributed by atoms with Crippen molar-refractivity contribution in [3.63, 3.8) is 0 Å². The number of hydrogen-bond acceptors (Lipinski definition) is 6. The molecule has 8 nitrogen and oxygen atoms in total. The quantitative estimate of drug-likeness (QED) is 0.692. The molecule has 1 aliphatic carbocycles. The molecule has 2 aliphatic rings. The molecular formula is C22H20N4O4. The molecule has 0 amide bonds. The van der Waals surface area contributed by atoms with Gasteiger partial charge in [-0.15, -0.1) is 0 Å². The van der Waals surface area contributed by atoms with Gasteiger partial charge in [-0.3, -0.25) is 15.0 Å². The summed E-state index contributed by atoms with van der Waals surface area (Å²) in [4.78, 5) is 35.0. The average molecular weight is 404 g/mol. The zero-order valence-electron chi connectivity index (χ0n) is 16.6. The van der Waals surface area contributed by atoms with E-state index in [-0.39, 0.29) is 30.2 Å². The van der Waals surface area contributed by atoms with Gasteiger partial charge in [-0.05, 0) is 12.1 Å². The second-order valence-electron chi connectivity index (χ2n) is 7.65. The summed E-state index contributed by atoms with van der Waals surface area (Å²) in [6.45, 7) is 0. The number of nitrogens with one attached hydrogen (secondary N) is 2. The summed E-state index contributed by atoms with van der Waals surface area (Å²) in [6.07, 6.45) is 0.148. The summed E-state index contributed by atoms with van der Waals surface area (Å²) in [5, 5.41) is 8.91. The summed E-state index contributed by atoms with van der Waals surface area (Å²) in [5.41, 5.74) is 1.03. The molecule has 1 atom stereocenters. The van der Waals surface area contributed by atoms with Crippen molar-refractivity contribution in [3.8, 4) is 11.5 Å². The summed E-state index contributed by atoms with van der Waals surface area (Å²) in [6, 6.07) is 12.7. The Morgan fingerprint density at radius 3 is 2.37 bits per heavy atom. The second-order valence-corrected chi connectivity index (χ2v) is 7.65. The molecule has 1 saturated carbocycles. The van der Waals surface area contributed by atoms with Gasteiger partial charge in [-0.2, -0.15) is 0 Å². The molecule has 1 unspecified atom stereocenters. The molecule has 3 aromatic rings. The van der Waals surface area contributed by atoms with Crippen molar-refractivity contribution in [3.05, 3.63) is 48.3 Å². The van der Waals surface area contributed by atoms with E-state index in [1.807, 2.05) is 24.3 Å². The Bertz CT molecular complexity index is 1150. The van der Waals surface area contributed by atoms with Gasteiger partial charge < -0.3 is 19.4 Å². The minimum atomic E-state index is -1.07. The Hall–Kier alpha value is -3.68. The molecule has 0 bridgehead atoms. The second kappa shape index (κ2) is 6.41. The molecule has 1 saturated heterocycles. The molecule has 1 aromatic heterocycles. The maximum absolute atomic E-state index is 13.6. The first kappa shape index (κ1) is 18.4. The van der Waals surface area contributed by atoms with Gasteiger partial charge in [0, 0.05) is 31.0 Å². The topological polar surface area (TPSA) is 108 Å². The van der Waals surface area contributed by atoms with Crippen LogP contribution in [0.5, 0.6) is 11.5 Å². The number of ether oxygens (including phenoxy) is 2. The number of rotatable bonds is 4. The summed E-state index contributed by atoms with van der Waals surface area (Å²) < 4.78 is 10.7. The lowest BCUT2D eigenvalue weighted by Crippen LogP contribution is -2.59. The van der Waals surface area contributed by atoms with Gasteiger partial charge in [0.1, 0.15) is 40.4 Å². The highest BCUT2D eigenvalue weighted by atomic mass is 16.5. The molecule has 5 rings (SSSR count). The third kappa shape index (κ3) is 2.46. The number of para-hydroxylation sites is 2. The maximum atomic E-state index is 13.6. The Balaban J connectivity index is 1.64. The zero-order chi connectivity index (χ0) is 21.0. The first-order chi connectivity index (χ1) is 14.5. The molecule has 0 radical (unpaired) electrons. The van der Waals surface area contributed by atoms with Gasteiger partial charge >= 0.3 is 0 Å². The van der Waals surface area contributed by atoms with Gasteiger partial charge in [-0.1, -0.05) is 12.1 Å². The molecule has 2 heterocycles. The standard InChI is InChI=1S/C22H20N4O4/c1-29-14-7-12(8-15(9-14)30-2)26-20(23)18(19(28)22(26)10-13(27)11-22)21-24-16-5-3-4-6-17(16)25-21/h3-9,18,23H,10-11H2,1-2H3,(H,24,25). The fraction of sp³-hybridized carbons (Fsp3) is 0.273.